The van der Waals surface area contributed by atoms with Gasteiger partial charge < -0.3 is 0 Å². The summed E-state index contributed by atoms with van der Waals surface area (Å²) < 4.78 is 24.6. The van der Waals surface area contributed by atoms with Crippen molar-refractivity contribution in [1.29, 1.82) is 0 Å². The van der Waals surface area contributed by atoms with E-state index in [0.29, 0.717) is 0 Å². The molecule has 0 N–H and O–H groups in total. The summed E-state index contributed by atoms with van der Waals surface area (Å²) in [6.07, 6.45) is 10.4. The summed E-state index contributed by atoms with van der Waals surface area (Å²) >= 11 is 0. The van der Waals surface area contributed by atoms with Gasteiger partial charge in [0.05, 0.1) is 6.26 Å². The van der Waals surface area contributed by atoms with Crippen molar-refractivity contribution < 1.29 is 8.42 Å². The Bertz CT molecular complexity index is 350. The molecule has 0 bridgehead atoms. The molecule has 0 aromatic heterocycles. The predicted molar refractivity (Wildman–Crippen MR) is 74.9 cm³/mol. The molecular formula is C14H27NO2S. The lowest BCUT2D eigenvalue weighted by atomic mass is 9.72. The quantitative estimate of drug-likeness (QED) is 0.793. The molecule has 0 spiro atoms. The molecule has 18 heavy (non-hydrogen) atoms. The number of nitrogens with zero attached hydrogens (tertiary/aromatic N) is 1. The van der Waals surface area contributed by atoms with Crippen LogP contribution >= 0.6 is 0 Å². The van der Waals surface area contributed by atoms with Crippen LogP contribution in [0.1, 0.15) is 51.9 Å². The standard InChI is InChI=1S/C14H27NO2S/c1-3-12-4-6-13(7-5-12)14-8-10-15(11-9-14)18(2,16)17/h12-14H,3-11H2,1-2H3. The van der Waals surface area contributed by atoms with E-state index in [1.54, 1.807) is 4.31 Å². The normalized spacial score (nSPS) is 32.6. The lowest BCUT2D eigenvalue weighted by molar-refractivity contribution is 0.148. The molecule has 1 saturated carbocycles. The minimum absolute atomic E-state index is 0.747. The van der Waals surface area contributed by atoms with E-state index < -0.39 is 10.0 Å². The van der Waals surface area contributed by atoms with Crippen LogP contribution in [0.2, 0.25) is 0 Å². The minimum atomic E-state index is -2.96. The first-order chi connectivity index (χ1) is 8.50. The highest BCUT2D eigenvalue weighted by Crippen LogP contribution is 2.38. The van der Waals surface area contributed by atoms with E-state index >= 15 is 0 Å². The molecule has 2 aliphatic rings. The number of hydrogen-bond donors (Lipinski definition) is 0. The first-order valence-electron chi connectivity index (χ1n) is 7.45. The zero-order valence-electron chi connectivity index (χ0n) is 11.8. The average Bonchev–Trinajstić information content (AvgIpc) is 2.38. The molecule has 0 atom stereocenters. The van der Waals surface area contributed by atoms with Gasteiger partial charge >= 0.3 is 0 Å². The lowest BCUT2D eigenvalue weighted by Crippen LogP contribution is -2.40. The summed E-state index contributed by atoms with van der Waals surface area (Å²) in [5, 5.41) is 0. The van der Waals surface area contributed by atoms with Crippen molar-refractivity contribution in [1.82, 2.24) is 4.31 Å². The van der Waals surface area contributed by atoms with Gasteiger partial charge in [0.1, 0.15) is 0 Å². The van der Waals surface area contributed by atoms with Crippen molar-refractivity contribution in [2.45, 2.75) is 51.9 Å². The van der Waals surface area contributed by atoms with E-state index in [0.717, 1.165) is 43.7 Å². The van der Waals surface area contributed by atoms with Crippen LogP contribution in [-0.2, 0) is 10.0 Å². The molecule has 3 nitrogen and oxygen atoms in total. The number of rotatable bonds is 3. The molecule has 1 aliphatic carbocycles. The van der Waals surface area contributed by atoms with Crippen LogP contribution in [0, 0.1) is 17.8 Å². The highest BCUT2D eigenvalue weighted by Gasteiger charge is 2.31. The third-order valence-electron chi connectivity index (χ3n) is 5.10. The molecule has 0 amide bonds. The van der Waals surface area contributed by atoms with Crippen molar-refractivity contribution in [2.75, 3.05) is 19.3 Å². The van der Waals surface area contributed by atoms with Crippen LogP contribution in [0.4, 0.5) is 0 Å². The third kappa shape index (κ3) is 3.47. The summed E-state index contributed by atoms with van der Waals surface area (Å²) in [5.74, 6) is 2.60. The Hall–Kier alpha value is -0.0900. The monoisotopic (exact) mass is 273 g/mol. The van der Waals surface area contributed by atoms with Crippen molar-refractivity contribution in [3.63, 3.8) is 0 Å². The van der Waals surface area contributed by atoms with Gasteiger partial charge in [0, 0.05) is 13.1 Å². The fourth-order valence-corrected chi connectivity index (χ4v) is 4.62. The first-order valence-corrected chi connectivity index (χ1v) is 9.30. The summed E-state index contributed by atoms with van der Waals surface area (Å²) in [6, 6.07) is 0. The summed E-state index contributed by atoms with van der Waals surface area (Å²) in [5.41, 5.74) is 0. The Morgan fingerprint density at radius 2 is 1.44 bits per heavy atom. The smallest absolute Gasteiger partial charge is 0.211 e. The molecule has 4 heteroatoms. The van der Waals surface area contributed by atoms with Crippen LogP contribution < -0.4 is 0 Å². The summed E-state index contributed by atoms with van der Waals surface area (Å²) in [6.45, 7) is 3.80. The summed E-state index contributed by atoms with van der Waals surface area (Å²) in [7, 11) is -2.96. The van der Waals surface area contributed by atoms with E-state index in [9.17, 15) is 8.42 Å². The first kappa shape index (κ1) is 14.3. The van der Waals surface area contributed by atoms with Gasteiger partial charge in [0.25, 0.3) is 0 Å². The van der Waals surface area contributed by atoms with Gasteiger partial charge in [0.15, 0.2) is 0 Å². The van der Waals surface area contributed by atoms with Crippen LogP contribution in [0.5, 0.6) is 0 Å². The number of hydrogen-bond acceptors (Lipinski definition) is 2. The van der Waals surface area contributed by atoms with Gasteiger partial charge in [0.2, 0.25) is 10.0 Å². The average molecular weight is 273 g/mol. The zero-order valence-corrected chi connectivity index (χ0v) is 12.6. The zero-order chi connectivity index (χ0) is 13.2. The Kier molecular flexibility index (Phi) is 4.70. The molecule has 1 heterocycles. The van der Waals surface area contributed by atoms with Crippen LogP contribution in [0.3, 0.4) is 0 Å². The fourth-order valence-electron chi connectivity index (χ4n) is 3.75. The van der Waals surface area contributed by atoms with Crippen molar-refractivity contribution in [2.24, 2.45) is 17.8 Å². The van der Waals surface area contributed by atoms with Crippen LogP contribution in [0.25, 0.3) is 0 Å². The van der Waals surface area contributed by atoms with Gasteiger partial charge in [-0.3, -0.25) is 0 Å². The molecule has 0 aromatic rings. The van der Waals surface area contributed by atoms with Gasteiger partial charge in [-0.15, -0.1) is 0 Å². The second-order valence-electron chi connectivity index (χ2n) is 6.19. The maximum absolute atomic E-state index is 11.5. The largest absolute Gasteiger partial charge is 0.213 e. The third-order valence-corrected chi connectivity index (χ3v) is 6.41. The Morgan fingerprint density at radius 3 is 1.89 bits per heavy atom. The molecule has 1 saturated heterocycles. The molecule has 1 aliphatic heterocycles. The van der Waals surface area contributed by atoms with Gasteiger partial charge in [-0.1, -0.05) is 26.2 Å². The van der Waals surface area contributed by atoms with Crippen LogP contribution in [-0.4, -0.2) is 32.1 Å². The second-order valence-corrected chi connectivity index (χ2v) is 8.17. The molecule has 2 fully saturated rings. The van der Waals surface area contributed by atoms with Crippen LogP contribution in [0.15, 0.2) is 0 Å². The maximum Gasteiger partial charge on any atom is 0.211 e. The van der Waals surface area contributed by atoms with E-state index in [1.165, 1.54) is 38.4 Å². The molecule has 0 unspecified atom stereocenters. The summed E-state index contributed by atoms with van der Waals surface area (Å²) in [4.78, 5) is 0. The Labute approximate surface area is 112 Å². The van der Waals surface area contributed by atoms with Crippen molar-refractivity contribution >= 4 is 10.0 Å². The Morgan fingerprint density at radius 1 is 0.944 bits per heavy atom. The topological polar surface area (TPSA) is 37.4 Å². The van der Waals surface area contributed by atoms with E-state index in [1.807, 2.05) is 0 Å². The number of piperidine rings is 1. The highest BCUT2D eigenvalue weighted by molar-refractivity contribution is 7.88. The number of sulfonamides is 1. The van der Waals surface area contributed by atoms with Crippen molar-refractivity contribution in [3.8, 4) is 0 Å². The predicted octanol–water partition coefficient (Wildman–Crippen LogP) is 2.87. The van der Waals surface area contributed by atoms with Gasteiger partial charge in [-0.2, -0.15) is 0 Å². The molecular weight excluding hydrogens is 246 g/mol. The molecule has 106 valence electrons. The highest BCUT2D eigenvalue weighted by atomic mass is 32.2. The molecule has 2 rings (SSSR count). The van der Waals surface area contributed by atoms with E-state index in [4.69, 9.17) is 0 Å². The molecule has 0 aromatic carbocycles. The second kappa shape index (κ2) is 5.91. The minimum Gasteiger partial charge on any atom is -0.213 e. The SMILES string of the molecule is CCC1CCC(C2CCN(S(C)(=O)=O)CC2)CC1. The molecule has 0 radical (unpaired) electrons. The lowest BCUT2D eigenvalue weighted by Gasteiger charge is -2.38. The van der Waals surface area contributed by atoms with Gasteiger partial charge in [-0.05, 0) is 43.4 Å². The maximum atomic E-state index is 11.5. The van der Waals surface area contributed by atoms with Crippen molar-refractivity contribution in [3.05, 3.63) is 0 Å². The fraction of sp³-hybridized carbons (Fsp3) is 1.00. The van der Waals surface area contributed by atoms with Gasteiger partial charge in [-0.25, -0.2) is 12.7 Å². The van der Waals surface area contributed by atoms with E-state index in [2.05, 4.69) is 6.92 Å². The Balaban J connectivity index is 1.80. The van der Waals surface area contributed by atoms with E-state index in [-0.39, 0.29) is 0 Å².